The van der Waals surface area contributed by atoms with E-state index in [-0.39, 0.29) is 17.4 Å². The van der Waals surface area contributed by atoms with Crippen molar-refractivity contribution in [1.29, 1.82) is 0 Å². The van der Waals surface area contributed by atoms with Crippen LogP contribution in [-0.4, -0.2) is 29.4 Å². The van der Waals surface area contributed by atoms with E-state index >= 15 is 0 Å². The molecule has 2 N–H and O–H groups in total. The number of rotatable bonds is 4. The molecule has 0 radical (unpaired) electrons. The number of hydrogen-bond donors (Lipinski definition) is 1. The third kappa shape index (κ3) is 4.52. The van der Waals surface area contributed by atoms with Crippen LogP contribution in [0.2, 0.25) is 0 Å². The molecule has 3 nitrogen and oxygen atoms in total. The van der Waals surface area contributed by atoms with E-state index < -0.39 is 6.04 Å². The lowest BCUT2D eigenvalue weighted by Gasteiger charge is -2.35. The SMILES string of the molecule is CC(C)CN(C(=O)[C@@H](N)C(C)(C)C)C(C)C. The van der Waals surface area contributed by atoms with E-state index in [0.717, 1.165) is 6.54 Å². The summed E-state index contributed by atoms with van der Waals surface area (Å²) in [6.45, 7) is 15.1. The molecule has 96 valence electrons. The third-order valence-electron chi connectivity index (χ3n) is 2.67. The van der Waals surface area contributed by atoms with Crippen LogP contribution >= 0.6 is 0 Å². The van der Waals surface area contributed by atoms with Gasteiger partial charge < -0.3 is 10.6 Å². The van der Waals surface area contributed by atoms with Crippen LogP contribution in [0.4, 0.5) is 0 Å². The van der Waals surface area contributed by atoms with E-state index in [1.54, 1.807) is 0 Å². The van der Waals surface area contributed by atoms with Crippen molar-refractivity contribution < 1.29 is 4.79 Å². The first-order valence-electron chi connectivity index (χ1n) is 6.13. The highest BCUT2D eigenvalue weighted by Crippen LogP contribution is 2.20. The molecular weight excluding hydrogens is 200 g/mol. The van der Waals surface area contributed by atoms with Gasteiger partial charge in [-0.3, -0.25) is 4.79 Å². The minimum absolute atomic E-state index is 0.0659. The Bertz CT molecular complexity index is 229. The van der Waals surface area contributed by atoms with Gasteiger partial charge in [-0.05, 0) is 25.2 Å². The van der Waals surface area contributed by atoms with Gasteiger partial charge in [-0.1, -0.05) is 34.6 Å². The van der Waals surface area contributed by atoms with E-state index in [9.17, 15) is 4.79 Å². The standard InChI is InChI=1S/C13H28N2O/c1-9(2)8-15(10(3)4)12(16)11(14)13(5,6)7/h9-11H,8,14H2,1-7H3/t11-/m1/s1. The van der Waals surface area contributed by atoms with Crippen LogP contribution in [0.25, 0.3) is 0 Å². The zero-order valence-electron chi connectivity index (χ0n) is 11.9. The quantitative estimate of drug-likeness (QED) is 0.802. The summed E-state index contributed by atoms with van der Waals surface area (Å²) in [5, 5.41) is 0. The van der Waals surface area contributed by atoms with Crippen molar-refractivity contribution in [2.75, 3.05) is 6.54 Å². The third-order valence-corrected chi connectivity index (χ3v) is 2.67. The molecule has 0 fully saturated rings. The Labute approximate surface area is 100 Å². The van der Waals surface area contributed by atoms with Gasteiger partial charge in [-0.2, -0.15) is 0 Å². The van der Waals surface area contributed by atoms with E-state index in [0.29, 0.717) is 5.92 Å². The van der Waals surface area contributed by atoms with Crippen LogP contribution in [0, 0.1) is 11.3 Å². The maximum absolute atomic E-state index is 12.3. The van der Waals surface area contributed by atoms with Crippen LogP contribution in [0.5, 0.6) is 0 Å². The van der Waals surface area contributed by atoms with Crippen LogP contribution in [0.3, 0.4) is 0 Å². The molecular formula is C13H28N2O. The maximum atomic E-state index is 12.3. The average molecular weight is 228 g/mol. The van der Waals surface area contributed by atoms with Gasteiger partial charge in [0, 0.05) is 12.6 Å². The van der Waals surface area contributed by atoms with Gasteiger partial charge in [0.05, 0.1) is 6.04 Å². The predicted molar refractivity (Wildman–Crippen MR) is 69.1 cm³/mol. The lowest BCUT2D eigenvalue weighted by atomic mass is 9.86. The minimum atomic E-state index is -0.423. The zero-order valence-corrected chi connectivity index (χ0v) is 11.9. The van der Waals surface area contributed by atoms with Gasteiger partial charge in [0.15, 0.2) is 0 Å². The Hall–Kier alpha value is -0.570. The monoisotopic (exact) mass is 228 g/mol. The molecule has 0 saturated carbocycles. The van der Waals surface area contributed by atoms with Gasteiger partial charge in [-0.25, -0.2) is 0 Å². The first-order chi connectivity index (χ1) is 7.07. The maximum Gasteiger partial charge on any atom is 0.240 e. The number of amides is 1. The molecule has 0 rings (SSSR count). The fourth-order valence-electron chi connectivity index (χ4n) is 1.50. The van der Waals surface area contributed by atoms with Crippen LogP contribution in [-0.2, 0) is 4.79 Å². The topological polar surface area (TPSA) is 46.3 Å². The highest BCUT2D eigenvalue weighted by Gasteiger charge is 2.32. The minimum Gasteiger partial charge on any atom is -0.339 e. The van der Waals surface area contributed by atoms with Crippen LogP contribution < -0.4 is 5.73 Å². The molecule has 0 aliphatic rings. The molecule has 0 bridgehead atoms. The lowest BCUT2D eigenvalue weighted by Crippen LogP contribution is -2.53. The highest BCUT2D eigenvalue weighted by molar-refractivity contribution is 5.82. The zero-order chi connectivity index (χ0) is 13.1. The summed E-state index contributed by atoms with van der Waals surface area (Å²) in [7, 11) is 0. The van der Waals surface area contributed by atoms with Gasteiger partial charge in [-0.15, -0.1) is 0 Å². The first kappa shape index (κ1) is 15.4. The van der Waals surface area contributed by atoms with E-state index in [2.05, 4.69) is 13.8 Å². The fraction of sp³-hybridized carbons (Fsp3) is 0.923. The Morgan fingerprint density at radius 2 is 1.62 bits per heavy atom. The number of carbonyl (C=O) groups excluding carboxylic acids is 1. The Morgan fingerprint density at radius 3 is 1.88 bits per heavy atom. The number of nitrogens with zero attached hydrogens (tertiary/aromatic N) is 1. The van der Waals surface area contributed by atoms with Gasteiger partial charge in [0.25, 0.3) is 0 Å². The molecule has 16 heavy (non-hydrogen) atoms. The van der Waals surface area contributed by atoms with Crippen LogP contribution in [0.15, 0.2) is 0 Å². The van der Waals surface area contributed by atoms with Gasteiger partial charge >= 0.3 is 0 Å². The molecule has 0 saturated heterocycles. The summed E-state index contributed by atoms with van der Waals surface area (Å²) in [6, 6.07) is -0.211. The van der Waals surface area contributed by atoms with Crippen molar-refractivity contribution in [1.82, 2.24) is 4.90 Å². The summed E-state index contributed by atoms with van der Waals surface area (Å²) < 4.78 is 0. The molecule has 1 amide bonds. The number of carbonyl (C=O) groups is 1. The van der Waals surface area contributed by atoms with Crippen molar-refractivity contribution >= 4 is 5.91 Å². The van der Waals surface area contributed by atoms with Crippen molar-refractivity contribution in [3.05, 3.63) is 0 Å². The summed E-state index contributed by atoms with van der Waals surface area (Å²) >= 11 is 0. The summed E-state index contributed by atoms with van der Waals surface area (Å²) in [4.78, 5) is 14.2. The molecule has 3 heteroatoms. The van der Waals surface area contributed by atoms with E-state index in [1.807, 2.05) is 39.5 Å². The summed E-state index contributed by atoms with van der Waals surface area (Å²) in [5.74, 6) is 0.537. The second-order valence-corrected chi connectivity index (χ2v) is 6.32. The Kier molecular flexibility index (Phi) is 5.47. The molecule has 0 aliphatic carbocycles. The predicted octanol–water partition coefficient (Wildman–Crippen LogP) is 2.25. The molecule has 0 spiro atoms. The van der Waals surface area contributed by atoms with Crippen molar-refractivity contribution in [3.63, 3.8) is 0 Å². The van der Waals surface area contributed by atoms with Crippen LogP contribution in [0.1, 0.15) is 48.5 Å². The van der Waals surface area contributed by atoms with Crippen molar-refractivity contribution in [2.45, 2.75) is 60.5 Å². The molecule has 1 atom stereocenters. The smallest absolute Gasteiger partial charge is 0.240 e. The summed E-state index contributed by atoms with van der Waals surface area (Å²) in [5.41, 5.74) is 5.84. The van der Waals surface area contributed by atoms with Gasteiger partial charge in [0.2, 0.25) is 5.91 Å². The molecule has 0 unspecified atom stereocenters. The largest absolute Gasteiger partial charge is 0.339 e. The van der Waals surface area contributed by atoms with E-state index in [1.165, 1.54) is 0 Å². The first-order valence-corrected chi connectivity index (χ1v) is 6.13. The highest BCUT2D eigenvalue weighted by atomic mass is 16.2. The number of hydrogen-bond acceptors (Lipinski definition) is 2. The second-order valence-electron chi connectivity index (χ2n) is 6.32. The van der Waals surface area contributed by atoms with Crippen molar-refractivity contribution in [2.24, 2.45) is 17.1 Å². The Balaban J connectivity index is 4.75. The molecule has 0 aromatic rings. The summed E-state index contributed by atoms with van der Waals surface area (Å²) in [6.07, 6.45) is 0. The number of nitrogens with two attached hydrogens (primary N) is 1. The molecule has 0 heterocycles. The molecule has 0 aromatic carbocycles. The van der Waals surface area contributed by atoms with Crippen molar-refractivity contribution in [3.8, 4) is 0 Å². The Morgan fingerprint density at radius 1 is 1.19 bits per heavy atom. The fourth-order valence-corrected chi connectivity index (χ4v) is 1.50. The van der Waals surface area contributed by atoms with E-state index in [4.69, 9.17) is 5.73 Å². The van der Waals surface area contributed by atoms with Gasteiger partial charge in [0.1, 0.15) is 0 Å². The second kappa shape index (κ2) is 5.67. The molecule has 0 aliphatic heterocycles. The lowest BCUT2D eigenvalue weighted by molar-refractivity contribution is -0.137. The normalized spacial score (nSPS) is 14.4. The molecule has 0 aromatic heterocycles. The average Bonchev–Trinajstić information content (AvgIpc) is 2.09.